The second-order valence-corrected chi connectivity index (χ2v) is 6.82. The Morgan fingerprint density at radius 1 is 1.39 bits per heavy atom. The number of ether oxygens (including phenoxy) is 1. The molecule has 1 aromatic heterocycles. The fourth-order valence-electron chi connectivity index (χ4n) is 2.57. The van der Waals surface area contributed by atoms with Gasteiger partial charge in [-0.15, -0.1) is 22.9 Å². The Morgan fingerprint density at radius 2 is 2.17 bits per heavy atom. The molecule has 1 aromatic carbocycles. The van der Waals surface area contributed by atoms with Gasteiger partial charge in [0.2, 0.25) is 0 Å². The predicted octanol–water partition coefficient (Wildman–Crippen LogP) is 3.55. The Kier molecular flexibility index (Phi) is 5.03. The molecular weight excluding hydrogens is 336 g/mol. The predicted molar refractivity (Wildman–Crippen MR) is 90.7 cm³/mol. The van der Waals surface area contributed by atoms with E-state index in [0.29, 0.717) is 18.9 Å². The third kappa shape index (κ3) is 3.95. The van der Waals surface area contributed by atoms with E-state index in [-0.39, 0.29) is 6.04 Å². The number of aromatic nitrogens is 1. The SMILES string of the molecule is O=C(O)NC1Cc2nc(-c3ccc(OCCCCl)cc3)sc2C1. The fraction of sp³-hybridized carbons (Fsp3) is 0.375. The van der Waals surface area contributed by atoms with Crippen molar-refractivity contribution in [3.63, 3.8) is 0 Å². The van der Waals surface area contributed by atoms with Gasteiger partial charge in [-0.2, -0.15) is 0 Å². The van der Waals surface area contributed by atoms with Crippen LogP contribution in [0.15, 0.2) is 24.3 Å². The van der Waals surface area contributed by atoms with Gasteiger partial charge in [-0.1, -0.05) is 0 Å². The Morgan fingerprint density at radius 3 is 2.83 bits per heavy atom. The first-order chi connectivity index (χ1) is 11.2. The zero-order valence-electron chi connectivity index (χ0n) is 12.4. The molecule has 1 aliphatic carbocycles. The average molecular weight is 353 g/mol. The van der Waals surface area contributed by atoms with Crippen molar-refractivity contribution in [2.45, 2.75) is 25.3 Å². The number of hydrogen-bond donors (Lipinski definition) is 2. The summed E-state index contributed by atoms with van der Waals surface area (Å²) in [6.07, 6.45) is 1.24. The van der Waals surface area contributed by atoms with E-state index in [0.717, 1.165) is 34.9 Å². The number of nitrogens with one attached hydrogen (secondary N) is 1. The maximum atomic E-state index is 10.7. The smallest absolute Gasteiger partial charge is 0.404 e. The van der Waals surface area contributed by atoms with Crippen LogP contribution < -0.4 is 10.1 Å². The largest absolute Gasteiger partial charge is 0.494 e. The second-order valence-electron chi connectivity index (χ2n) is 5.36. The molecule has 2 N–H and O–H groups in total. The quantitative estimate of drug-likeness (QED) is 0.616. The number of thiazole rings is 1. The van der Waals surface area contributed by atoms with E-state index < -0.39 is 6.09 Å². The highest BCUT2D eigenvalue weighted by molar-refractivity contribution is 7.15. The second kappa shape index (κ2) is 7.19. The number of benzene rings is 1. The topological polar surface area (TPSA) is 71.5 Å². The van der Waals surface area contributed by atoms with Crippen LogP contribution in [0.3, 0.4) is 0 Å². The first-order valence-corrected chi connectivity index (χ1v) is 8.78. The van der Waals surface area contributed by atoms with Crippen molar-refractivity contribution in [3.05, 3.63) is 34.8 Å². The molecule has 1 amide bonds. The molecule has 1 atom stereocenters. The van der Waals surface area contributed by atoms with E-state index >= 15 is 0 Å². The maximum absolute atomic E-state index is 10.7. The van der Waals surface area contributed by atoms with Crippen LogP contribution in [0.25, 0.3) is 10.6 Å². The lowest BCUT2D eigenvalue weighted by Gasteiger charge is -2.08. The minimum Gasteiger partial charge on any atom is -0.494 e. The summed E-state index contributed by atoms with van der Waals surface area (Å²) in [6, 6.07) is 7.82. The van der Waals surface area contributed by atoms with Gasteiger partial charge < -0.3 is 15.2 Å². The minimum atomic E-state index is -0.977. The number of hydrogen-bond acceptors (Lipinski definition) is 4. The van der Waals surface area contributed by atoms with Crippen LogP contribution in [0.5, 0.6) is 5.75 Å². The van der Waals surface area contributed by atoms with Crippen LogP contribution in [-0.2, 0) is 12.8 Å². The molecule has 1 unspecified atom stereocenters. The molecule has 3 rings (SSSR count). The van der Waals surface area contributed by atoms with Crippen molar-refractivity contribution in [1.82, 2.24) is 10.3 Å². The summed E-state index contributed by atoms with van der Waals surface area (Å²) < 4.78 is 5.58. The van der Waals surface area contributed by atoms with Gasteiger partial charge in [0.05, 0.1) is 12.3 Å². The molecule has 0 bridgehead atoms. The third-order valence-corrected chi connectivity index (χ3v) is 5.06. The van der Waals surface area contributed by atoms with Gasteiger partial charge in [0.25, 0.3) is 0 Å². The minimum absolute atomic E-state index is 0.0481. The average Bonchev–Trinajstić information content (AvgIpc) is 3.06. The summed E-state index contributed by atoms with van der Waals surface area (Å²) in [6.45, 7) is 0.617. The molecule has 0 saturated carbocycles. The highest BCUT2D eigenvalue weighted by Crippen LogP contribution is 2.34. The van der Waals surface area contributed by atoms with Crippen LogP contribution in [0, 0.1) is 0 Å². The van der Waals surface area contributed by atoms with Gasteiger partial charge in [0.1, 0.15) is 10.8 Å². The van der Waals surface area contributed by atoms with Crippen LogP contribution in [0.2, 0.25) is 0 Å². The maximum Gasteiger partial charge on any atom is 0.404 e. The molecule has 0 radical (unpaired) electrons. The number of nitrogens with zero attached hydrogens (tertiary/aromatic N) is 1. The van der Waals surface area contributed by atoms with Crippen LogP contribution in [-0.4, -0.2) is 34.7 Å². The van der Waals surface area contributed by atoms with E-state index in [1.54, 1.807) is 11.3 Å². The van der Waals surface area contributed by atoms with Crippen LogP contribution >= 0.6 is 22.9 Å². The molecule has 23 heavy (non-hydrogen) atoms. The number of rotatable bonds is 6. The molecule has 122 valence electrons. The summed E-state index contributed by atoms with van der Waals surface area (Å²) in [7, 11) is 0. The third-order valence-electron chi connectivity index (χ3n) is 3.63. The molecule has 0 spiro atoms. The molecule has 5 nitrogen and oxygen atoms in total. The highest BCUT2D eigenvalue weighted by Gasteiger charge is 2.27. The van der Waals surface area contributed by atoms with Gasteiger partial charge >= 0.3 is 6.09 Å². The highest BCUT2D eigenvalue weighted by atomic mass is 35.5. The van der Waals surface area contributed by atoms with Gasteiger partial charge in [-0.25, -0.2) is 9.78 Å². The Hall–Kier alpha value is -1.79. The number of fused-ring (bicyclic) bond motifs is 1. The lowest BCUT2D eigenvalue weighted by Crippen LogP contribution is -2.34. The summed E-state index contributed by atoms with van der Waals surface area (Å²) in [4.78, 5) is 16.5. The van der Waals surface area contributed by atoms with Crippen molar-refractivity contribution < 1.29 is 14.6 Å². The summed E-state index contributed by atoms with van der Waals surface area (Å²) in [5.41, 5.74) is 2.06. The Balaban J connectivity index is 1.64. The lowest BCUT2D eigenvalue weighted by molar-refractivity contribution is 0.190. The Labute approximate surface area is 143 Å². The van der Waals surface area contributed by atoms with Crippen molar-refractivity contribution in [2.75, 3.05) is 12.5 Å². The fourth-order valence-corrected chi connectivity index (χ4v) is 3.85. The number of carboxylic acid groups (broad SMARTS) is 1. The van der Waals surface area contributed by atoms with Gasteiger partial charge in [0.15, 0.2) is 0 Å². The van der Waals surface area contributed by atoms with E-state index in [4.69, 9.17) is 21.4 Å². The molecule has 1 heterocycles. The molecule has 0 saturated heterocycles. The van der Waals surface area contributed by atoms with Crippen molar-refractivity contribution in [2.24, 2.45) is 0 Å². The van der Waals surface area contributed by atoms with Gasteiger partial charge in [0, 0.05) is 35.2 Å². The molecule has 2 aromatic rings. The van der Waals surface area contributed by atoms with E-state index in [1.807, 2.05) is 24.3 Å². The summed E-state index contributed by atoms with van der Waals surface area (Å²) in [5.74, 6) is 1.43. The molecule has 1 aliphatic rings. The van der Waals surface area contributed by atoms with Crippen molar-refractivity contribution in [3.8, 4) is 16.3 Å². The molecular formula is C16H17ClN2O3S. The summed E-state index contributed by atoms with van der Waals surface area (Å²) >= 11 is 7.25. The van der Waals surface area contributed by atoms with Crippen molar-refractivity contribution >= 4 is 29.0 Å². The zero-order chi connectivity index (χ0) is 16.2. The van der Waals surface area contributed by atoms with Crippen LogP contribution in [0.1, 0.15) is 17.0 Å². The summed E-state index contributed by atoms with van der Waals surface area (Å²) in [5, 5.41) is 12.3. The normalized spacial score (nSPS) is 16.1. The molecule has 0 fully saturated rings. The monoisotopic (exact) mass is 352 g/mol. The van der Waals surface area contributed by atoms with Crippen molar-refractivity contribution in [1.29, 1.82) is 0 Å². The van der Waals surface area contributed by atoms with E-state index in [9.17, 15) is 4.79 Å². The molecule has 7 heteroatoms. The van der Waals surface area contributed by atoms with Crippen LogP contribution in [0.4, 0.5) is 4.79 Å². The number of halogens is 1. The standard InChI is InChI=1S/C16H17ClN2O3S/c17-6-1-7-22-12-4-2-10(3-5-12)15-19-13-8-11(18-16(20)21)9-14(13)23-15/h2-5,11,18H,1,6-9H2,(H,20,21). The van der Waals surface area contributed by atoms with Gasteiger partial charge in [-0.3, -0.25) is 0 Å². The first kappa shape index (κ1) is 16.1. The lowest BCUT2D eigenvalue weighted by atomic mass is 10.2. The molecule has 0 aliphatic heterocycles. The number of carbonyl (C=O) groups is 1. The van der Waals surface area contributed by atoms with E-state index in [1.165, 1.54) is 4.88 Å². The van der Waals surface area contributed by atoms with E-state index in [2.05, 4.69) is 10.3 Å². The van der Waals surface area contributed by atoms with Gasteiger partial charge in [-0.05, 0) is 30.7 Å². The Bertz CT molecular complexity index is 664. The number of amides is 1. The zero-order valence-corrected chi connectivity index (χ0v) is 14.0. The first-order valence-electron chi connectivity index (χ1n) is 7.43. The number of alkyl halides is 1.